The lowest BCUT2D eigenvalue weighted by Crippen LogP contribution is -2.13. The molecule has 0 spiro atoms. The van der Waals surface area contributed by atoms with E-state index in [2.05, 4.69) is 10.3 Å². The Labute approximate surface area is 141 Å². The van der Waals surface area contributed by atoms with Crippen LogP contribution in [-0.4, -0.2) is 17.5 Å². The molecule has 0 aliphatic carbocycles. The number of rotatable bonds is 6. The molecule has 0 atom stereocenters. The standard InChI is InChI=1S/C20H20N2O2/c1-15-6-2-7-16(14-15)24-13-5-11-20(23)22-19-10-3-9-18-17(19)8-4-12-21-18/h2-4,6-10,12,14H,5,11,13H2,1H3,(H,22,23). The summed E-state index contributed by atoms with van der Waals surface area (Å²) in [6.45, 7) is 2.55. The third kappa shape index (κ3) is 4.10. The molecular weight excluding hydrogens is 300 g/mol. The largest absolute Gasteiger partial charge is 0.494 e. The number of aromatic nitrogens is 1. The molecule has 0 unspecified atom stereocenters. The fourth-order valence-electron chi connectivity index (χ4n) is 2.55. The molecule has 3 aromatic rings. The van der Waals surface area contributed by atoms with Crippen LogP contribution in [0.5, 0.6) is 5.75 Å². The van der Waals surface area contributed by atoms with E-state index in [1.807, 2.05) is 61.5 Å². The van der Waals surface area contributed by atoms with E-state index in [0.717, 1.165) is 27.9 Å². The lowest BCUT2D eigenvalue weighted by molar-refractivity contribution is -0.116. The van der Waals surface area contributed by atoms with Gasteiger partial charge in [-0.25, -0.2) is 0 Å². The van der Waals surface area contributed by atoms with Crippen LogP contribution in [0.3, 0.4) is 0 Å². The Morgan fingerprint density at radius 3 is 2.88 bits per heavy atom. The van der Waals surface area contributed by atoms with Gasteiger partial charge < -0.3 is 10.1 Å². The second-order valence-corrected chi connectivity index (χ2v) is 5.69. The van der Waals surface area contributed by atoms with Gasteiger partial charge in [0.15, 0.2) is 0 Å². The minimum atomic E-state index is -0.0146. The minimum Gasteiger partial charge on any atom is -0.494 e. The Kier molecular flexibility index (Phi) is 5.06. The Balaban J connectivity index is 1.50. The smallest absolute Gasteiger partial charge is 0.224 e. The van der Waals surface area contributed by atoms with Crippen molar-refractivity contribution in [3.63, 3.8) is 0 Å². The summed E-state index contributed by atoms with van der Waals surface area (Å²) in [6.07, 6.45) is 2.84. The molecule has 0 bridgehead atoms. The maximum atomic E-state index is 12.1. The second kappa shape index (κ2) is 7.59. The summed E-state index contributed by atoms with van der Waals surface area (Å²) >= 11 is 0. The first-order chi connectivity index (χ1) is 11.7. The second-order valence-electron chi connectivity index (χ2n) is 5.69. The van der Waals surface area contributed by atoms with Crippen LogP contribution >= 0.6 is 0 Å². The number of carbonyl (C=O) groups is 1. The van der Waals surface area contributed by atoms with Crippen molar-refractivity contribution < 1.29 is 9.53 Å². The van der Waals surface area contributed by atoms with Crippen LogP contribution in [0.2, 0.25) is 0 Å². The summed E-state index contributed by atoms with van der Waals surface area (Å²) in [5.41, 5.74) is 2.83. The normalized spacial score (nSPS) is 10.5. The van der Waals surface area contributed by atoms with E-state index in [9.17, 15) is 4.79 Å². The van der Waals surface area contributed by atoms with Crippen molar-refractivity contribution in [2.75, 3.05) is 11.9 Å². The number of amides is 1. The number of hydrogen-bond donors (Lipinski definition) is 1. The minimum absolute atomic E-state index is 0.0146. The zero-order valence-electron chi connectivity index (χ0n) is 13.7. The van der Waals surface area contributed by atoms with Crippen molar-refractivity contribution in [3.8, 4) is 5.75 Å². The van der Waals surface area contributed by atoms with Gasteiger partial charge in [-0.15, -0.1) is 0 Å². The van der Waals surface area contributed by atoms with E-state index in [1.54, 1.807) is 6.20 Å². The van der Waals surface area contributed by atoms with Gasteiger partial charge in [0.1, 0.15) is 5.75 Å². The van der Waals surface area contributed by atoms with Crippen LogP contribution in [0.4, 0.5) is 5.69 Å². The van der Waals surface area contributed by atoms with Crippen molar-refractivity contribution in [1.29, 1.82) is 0 Å². The molecule has 1 heterocycles. The van der Waals surface area contributed by atoms with Crippen molar-refractivity contribution in [2.24, 2.45) is 0 Å². The van der Waals surface area contributed by atoms with Crippen LogP contribution in [0.1, 0.15) is 18.4 Å². The number of nitrogens with zero attached hydrogens (tertiary/aromatic N) is 1. The maximum absolute atomic E-state index is 12.1. The molecule has 4 nitrogen and oxygen atoms in total. The number of aryl methyl sites for hydroxylation is 1. The molecule has 0 aliphatic rings. The topological polar surface area (TPSA) is 51.2 Å². The predicted molar refractivity (Wildman–Crippen MR) is 96.3 cm³/mol. The van der Waals surface area contributed by atoms with Crippen LogP contribution in [0, 0.1) is 6.92 Å². The number of carbonyl (C=O) groups excluding carboxylic acids is 1. The summed E-state index contributed by atoms with van der Waals surface area (Å²) in [6, 6.07) is 17.5. The molecule has 1 amide bonds. The zero-order chi connectivity index (χ0) is 16.8. The molecule has 1 aromatic heterocycles. The van der Waals surface area contributed by atoms with Gasteiger partial charge in [0.2, 0.25) is 5.91 Å². The van der Waals surface area contributed by atoms with Gasteiger partial charge in [-0.3, -0.25) is 9.78 Å². The first-order valence-corrected chi connectivity index (χ1v) is 8.05. The fraction of sp³-hybridized carbons (Fsp3) is 0.200. The molecule has 122 valence electrons. The number of anilines is 1. The first kappa shape index (κ1) is 16.0. The van der Waals surface area contributed by atoms with Crippen molar-refractivity contribution in [3.05, 3.63) is 66.4 Å². The highest BCUT2D eigenvalue weighted by atomic mass is 16.5. The van der Waals surface area contributed by atoms with Crippen LogP contribution in [-0.2, 0) is 4.79 Å². The quantitative estimate of drug-likeness (QED) is 0.687. The van der Waals surface area contributed by atoms with E-state index in [-0.39, 0.29) is 5.91 Å². The van der Waals surface area contributed by atoms with Gasteiger partial charge >= 0.3 is 0 Å². The van der Waals surface area contributed by atoms with E-state index in [1.165, 1.54) is 0 Å². The molecule has 0 saturated heterocycles. The number of ether oxygens (including phenoxy) is 1. The van der Waals surface area contributed by atoms with Gasteiger partial charge in [0.25, 0.3) is 0 Å². The van der Waals surface area contributed by atoms with Gasteiger partial charge in [-0.2, -0.15) is 0 Å². The Morgan fingerprint density at radius 2 is 2.00 bits per heavy atom. The molecule has 24 heavy (non-hydrogen) atoms. The van der Waals surface area contributed by atoms with E-state index < -0.39 is 0 Å². The van der Waals surface area contributed by atoms with Gasteiger partial charge in [0, 0.05) is 18.0 Å². The highest BCUT2D eigenvalue weighted by molar-refractivity contribution is 6.00. The third-order valence-electron chi connectivity index (χ3n) is 3.73. The van der Waals surface area contributed by atoms with Crippen molar-refractivity contribution in [1.82, 2.24) is 4.98 Å². The number of benzene rings is 2. The lowest BCUT2D eigenvalue weighted by Gasteiger charge is -2.09. The molecule has 0 saturated carbocycles. The van der Waals surface area contributed by atoms with E-state index in [4.69, 9.17) is 4.74 Å². The highest BCUT2D eigenvalue weighted by Gasteiger charge is 2.06. The Hall–Kier alpha value is -2.88. The average Bonchev–Trinajstić information content (AvgIpc) is 2.59. The SMILES string of the molecule is Cc1cccc(OCCCC(=O)Nc2cccc3ncccc23)c1. The third-order valence-corrected chi connectivity index (χ3v) is 3.73. The van der Waals surface area contributed by atoms with E-state index >= 15 is 0 Å². The van der Waals surface area contributed by atoms with Crippen LogP contribution in [0.15, 0.2) is 60.8 Å². The fourth-order valence-corrected chi connectivity index (χ4v) is 2.55. The Morgan fingerprint density at radius 1 is 1.12 bits per heavy atom. The predicted octanol–water partition coefficient (Wildman–Crippen LogP) is 4.34. The molecule has 2 aromatic carbocycles. The summed E-state index contributed by atoms with van der Waals surface area (Å²) in [7, 11) is 0. The summed E-state index contributed by atoms with van der Waals surface area (Å²) < 4.78 is 5.67. The number of nitrogens with one attached hydrogen (secondary N) is 1. The molecular formula is C20H20N2O2. The summed E-state index contributed by atoms with van der Waals surface area (Å²) in [5.74, 6) is 0.828. The van der Waals surface area contributed by atoms with E-state index in [0.29, 0.717) is 19.4 Å². The first-order valence-electron chi connectivity index (χ1n) is 8.05. The summed E-state index contributed by atoms with van der Waals surface area (Å²) in [5, 5.41) is 3.91. The summed E-state index contributed by atoms with van der Waals surface area (Å²) in [4.78, 5) is 16.4. The molecule has 3 rings (SSSR count). The van der Waals surface area contributed by atoms with Gasteiger partial charge in [-0.1, -0.05) is 18.2 Å². The maximum Gasteiger partial charge on any atom is 0.224 e. The molecule has 1 N–H and O–H groups in total. The average molecular weight is 320 g/mol. The van der Waals surface area contributed by atoms with Crippen molar-refractivity contribution in [2.45, 2.75) is 19.8 Å². The van der Waals surface area contributed by atoms with Gasteiger partial charge in [0.05, 0.1) is 17.8 Å². The van der Waals surface area contributed by atoms with Crippen molar-refractivity contribution >= 4 is 22.5 Å². The molecule has 0 radical (unpaired) electrons. The van der Waals surface area contributed by atoms with Gasteiger partial charge in [-0.05, 0) is 55.3 Å². The Bertz CT molecular complexity index is 840. The number of fused-ring (bicyclic) bond motifs is 1. The number of pyridine rings is 1. The van der Waals surface area contributed by atoms with Crippen LogP contribution in [0.25, 0.3) is 10.9 Å². The lowest BCUT2D eigenvalue weighted by atomic mass is 10.1. The van der Waals surface area contributed by atoms with Crippen LogP contribution < -0.4 is 10.1 Å². The molecule has 0 aliphatic heterocycles. The molecule has 0 fully saturated rings. The number of hydrogen-bond acceptors (Lipinski definition) is 3. The molecule has 4 heteroatoms. The zero-order valence-corrected chi connectivity index (χ0v) is 13.7. The highest BCUT2D eigenvalue weighted by Crippen LogP contribution is 2.21. The monoisotopic (exact) mass is 320 g/mol.